The molecule has 0 unspecified atom stereocenters. The van der Waals surface area contributed by atoms with Crippen LogP contribution in [0.1, 0.15) is 12.7 Å². The summed E-state index contributed by atoms with van der Waals surface area (Å²) in [5.41, 5.74) is 0.597. The number of aromatic nitrogens is 2. The number of nitro benzene ring substituents is 1. The van der Waals surface area contributed by atoms with Gasteiger partial charge in [0.05, 0.1) is 4.92 Å². The molecule has 0 saturated heterocycles. The molecule has 1 aromatic heterocycles. The number of imidazole rings is 1. The molecule has 1 heterocycles. The third-order valence-corrected chi connectivity index (χ3v) is 2.92. The lowest BCUT2D eigenvalue weighted by atomic mass is 10.2. The highest BCUT2D eigenvalue weighted by Gasteiger charge is 2.17. The van der Waals surface area contributed by atoms with E-state index in [0.29, 0.717) is 5.69 Å². The number of nitro groups is 1. The topological polar surface area (TPSA) is 61.0 Å². The number of nitrogens with zero attached hydrogens (tertiary/aromatic N) is 3. The molecule has 6 heteroatoms. The molecule has 0 fully saturated rings. The summed E-state index contributed by atoms with van der Waals surface area (Å²) in [5.74, 6) is 0.797. The monoisotopic (exact) mass is 295 g/mol. The van der Waals surface area contributed by atoms with Crippen molar-refractivity contribution in [3.05, 3.63) is 51.0 Å². The third-order valence-electron chi connectivity index (χ3n) is 2.43. The van der Waals surface area contributed by atoms with Gasteiger partial charge >= 0.3 is 0 Å². The zero-order valence-corrected chi connectivity index (χ0v) is 10.7. The van der Waals surface area contributed by atoms with Crippen molar-refractivity contribution < 1.29 is 4.92 Å². The summed E-state index contributed by atoms with van der Waals surface area (Å²) in [6.07, 6.45) is 4.09. The number of benzene rings is 1. The van der Waals surface area contributed by atoms with Gasteiger partial charge in [-0.05, 0) is 12.1 Å². The predicted molar refractivity (Wildman–Crippen MR) is 67.3 cm³/mol. The molecule has 0 aliphatic carbocycles. The summed E-state index contributed by atoms with van der Waals surface area (Å²) in [5, 5.41) is 11.0. The lowest BCUT2D eigenvalue weighted by Crippen LogP contribution is -2.03. The number of hydrogen-bond donors (Lipinski definition) is 0. The van der Waals surface area contributed by atoms with Crippen molar-refractivity contribution in [1.29, 1.82) is 0 Å². The van der Waals surface area contributed by atoms with E-state index in [2.05, 4.69) is 20.9 Å². The Hall–Kier alpha value is -1.69. The molecular weight excluding hydrogens is 286 g/mol. The van der Waals surface area contributed by atoms with Gasteiger partial charge in [-0.2, -0.15) is 0 Å². The van der Waals surface area contributed by atoms with E-state index in [9.17, 15) is 10.1 Å². The van der Waals surface area contributed by atoms with Crippen molar-refractivity contribution in [2.24, 2.45) is 0 Å². The fourth-order valence-electron chi connectivity index (χ4n) is 1.66. The molecule has 0 N–H and O–H groups in total. The first-order valence-corrected chi connectivity index (χ1v) is 5.89. The van der Waals surface area contributed by atoms with Crippen molar-refractivity contribution in [2.75, 3.05) is 0 Å². The van der Waals surface area contributed by atoms with Crippen LogP contribution in [0.5, 0.6) is 0 Å². The first-order valence-electron chi connectivity index (χ1n) is 5.10. The Labute approximate surface area is 106 Å². The molecule has 0 atom stereocenters. The zero-order valence-electron chi connectivity index (χ0n) is 9.13. The molecule has 0 bridgehead atoms. The molecule has 0 spiro atoms. The predicted octanol–water partition coefficient (Wildman–Crippen LogP) is 3.11. The Kier molecular flexibility index (Phi) is 3.23. The van der Waals surface area contributed by atoms with Crippen LogP contribution in [-0.4, -0.2) is 14.5 Å². The van der Waals surface area contributed by atoms with Crippen LogP contribution < -0.4 is 0 Å². The summed E-state index contributed by atoms with van der Waals surface area (Å²) in [6.45, 7) is 1.96. The minimum Gasteiger partial charge on any atom is -0.298 e. The molecule has 17 heavy (non-hydrogen) atoms. The SMILES string of the molecule is CCc1nccn1-c1cc(Br)ccc1[N+](=O)[O-]. The molecule has 0 radical (unpaired) electrons. The Bertz CT molecular complexity index is 566. The van der Waals surface area contributed by atoms with E-state index in [-0.39, 0.29) is 10.6 Å². The van der Waals surface area contributed by atoms with Gasteiger partial charge in [0, 0.05) is 29.4 Å². The van der Waals surface area contributed by atoms with Crippen molar-refractivity contribution in [3.8, 4) is 5.69 Å². The summed E-state index contributed by atoms with van der Waals surface area (Å²) >= 11 is 3.32. The minimum atomic E-state index is -0.388. The van der Waals surface area contributed by atoms with Gasteiger partial charge < -0.3 is 0 Å². The van der Waals surface area contributed by atoms with E-state index in [0.717, 1.165) is 16.7 Å². The van der Waals surface area contributed by atoms with Gasteiger partial charge in [-0.1, -0.05) is 22.9 Å². The van der Waals surface area contributed by atoms with Crippen molar-refractivity contribution in [2.45, 2.75) is 13.3 Å². The highest BCUT2D eigenvalue weighted by Crippen LogP contribution is 2.27. The second-order valence-corrected chi connectivity index (χ2v) is 4.37. The van der Waals surface area contributed by atoms with Crippen molar-refractivity contribution in [3.63, 3.8) is 0 Å². The zero-order chi connectivity index (χ0) is 12.4. The minimum absolute atomic E-state index is 0.0703. The van der Waals surface area contributed by atoms with Gasteiger partial charge in [0.15, 0.2) is 0 Å². The standard InChI is InChI=1S/C11H10BrN3O2/c1-2-11-13-5-6-14(11)10-7-8(12)3-4-9(10)15(16)17/h3-7H,2H2,1H3. The van der Waals surface area contributed by atoms with E-state index in [4.69, 9.17) is 0 Å². The summed E-state index contributed by atoms with van der Waals surface area (Å²) in [6, 6.07) is 4.86. The normalized spacial score (nSPS) is 10.5. The van der Waals surface area contributed by atoms with E-state index in [1.165, 1.54) is 6.07 Å². The van der Waals surface area contributed by atoms with E-state index in [1.54, 1.807) is 29.1 Å². The van der Waals surface area contributed by atoms with Gasteiger partial charge in [0.2, 0.25) is 0 Å². The summed E-state index contributed by atoms with van der Waals surface area (Å²) in [7, 11) is 0. The second kappa shape index (κ2) is 4.67. The van der Waals surface area contributed by atoms with Crippen LogP contribution in [0.4, 0.5) is 5.69 Å². The summed E-state index contributed by atoms with van der Waals surface area (Å²) in [4.78, 5) is 14.8. The van der Waals surface area contributed by atoms with Gasteiger partial charge in [-0.3, -0.25) is 14.7 Å². The second-order valence-electron chi connectivity index (χ2n) is 3.46. The van der Waals surface area contributed by atoms with Crippen molar-refractivity contribution >= 4 is 21.6 Å². The van der Waals surface area contributed by atoms with E-state index in [1.807, 2.05) is 6.92 Å². The molecule has 1 aromatic carbocycles. The maximum absolute atomic E-state index is 11.0. The Morgan fingerprint density at radius 1 is 1.53 bits per heavy atom. The first kappa shape index (κ1) is 11.8. The molecule has 0 aliphatic rings. The van der Waals surface area contributed by atoms with Gasteiger partial charge in [-0.25, -0.2) is 4.98 Å². The lowest BCUT2D eigenvalue weighted by Gasteiger charge is -2.07. The highest BCUT2D eigenvalue weighted by atomic mass is 79.9. The number of halogens is 1. The third kappa shape index (κ3) is 2.21. The van der Waals surface area contributed by atoms with E-state index >= 15 is 0 Å². The molecule has 0 aliphatic heterocycles. The Morgan fingerprint density at radius 3 is 2.94 bits per heavy atom. The smallest absolute Gasteiger partial charge is 0.293 e. The molecule has 0 amide bonds. The molecular formula is C11H10BrN3O2. The van der Waals surface area contributed by atoms with Gasteiger partial charge in [-0.15, -0.1) is 0 Å². The Balaban J connectivity index is 2.65. The Morgan fingerprint density at radius 2 is 2.29 bits per heavy atom. The molecule has 0 saturated carbocycles. The fourth-order valence-corrected chi connectivity index (χ4v) is 2.01. The largest absolute Gasteiger partial charge is 0.298 e. The number of rotatable bonds is 3. The van der Waals surface area contributed by atoms with Crippen LogP contribution >= 0.6 is 15.9 Å². The quantitative estimate of drug-likeness (QED) is 0.646. The molecule has 5 nitrogen and oxygen atoms in total. The maximum atomic E-state index is 11.0. The molecule has 2 aromatic rings. The van der Waals surface area contributed by atoms with Gasteiger partial charge in [0.25, 0.3) is 5.69 Å². The number of aryl methyl sites for hydroxylation is 1. The van der Waals surface area contributed by atoms with Crippen LogP contribution in [0.2, 0.25) is 0 Å². The van der Waals surface area contributed by atoms with Crippen LogP contribution in [0.3, 0.4) is 0 Å². The van der Waals surface area contributed by atoms with Crippen molar-refractivity contribution in [1.82, 2.24) is 9.55 Å². The van der Waals surface area contributed by atoms with E-state index < -0.39 is 0 Å². The highest BCUT2D eigenvalue weighted by molar-refractivity contribution is 9.10. The lowest BCUT2D eigenvalue weighted by molar-refractivity contribution is -0.384. The number of hydrogen-bond acceptors (Lipinski definition) is 3. The van der Waals surface area contributed by atoms with Crippen LogP contribution in [0, 0.1) is 10.1 Å². The maximum Gasteiger partial charge on any atom is 0.293 e. The van der Waals surface area contributed by atoms with Crippen LogP contribution in [-0.2, 0) is 6.42 Å². The van der Waals surface area contributed by atoms with Crippen LogP contribution in [0.15, 0.2) is 35.1 Å². The average molecular weight is 296 g/mol. The molecule has 2 rings (SSSR count). The fraction of sp³-hybridized carbons (Fsp3) is 0.182. The first-order chi connectivity index (χ1) is 8.13. The van der Waals surface area contributed by atoms with Crippen LogP contribution in [0.25, 0.3) is 5.69 Å². The summed E-state index contributed by atoms with van der Waals surface area (Å²) < 4.78 is 2.54. The average Bonchev–Trinajstić information content (AvgIpc) is 2.76. The molecule has 88 valence electrons. The van der Waals surface area contributed by atoms with Gasteiger partial charge in [0.1, 0.15) is 11.5 Å².